The van der Waals surface area contributed by atoms with Crippen LogP contribution in [0.4, 0.5) is 0 Å². The topological polar surface area (TPSA) is 20.2 Å². The third-order valence-corrected chi connectivity index (χ3v) is 3.06. The normalized spacial score (nSPS) is 11.3. The molecule has 1 heteroatoms. The van der Waals surface area contributed by atoms with Gasteiger partial charge in [-0.15, -0.1) is 0 Å². The number of hydrogen-bond acceptors (Lipinski definition) is 1. The molecule has 1 aliphatic carbocycles. The Balaban J connectivity index is 0.000000315. The first-order valence-corrected chi connectivity index (χ1v) is 8.15. The molecule has 1 N–H and O–H groups in total. The second-order valence-corrected chi connectivity index (χ2v) is 5.34. The Morgan fingerprint density at radius 1 is 0.625 bits per heavy atom. The highest BCUT2D eigenvalue weighted by Gasteiger charge is 1.83. The molecule has 2 aromatic carbocycles. The third-order valence-electron chi connectivity index (χ3n) is 3.06. The number of rotatable bonds is 0. The highest BCUT2D eigenvalue weighted by molar-refractivity contribution is 5.21. The van der Waals surface area contributed by atoms with E-state index in [1.54, 1.807) is 0 Å². The van der Waals surface area contributed by atoms with Crippen LogP contribution in [-0.2, 0) is 0 Å². The SMILES string of the molecule is CC1=CC=CC=CC1.CO.Cc1ccccc1.Cc1ccccc1. The molecule has 1 aliphatic rings. The maximum absolute atomic E-state index is 7.00. The highest BCUT2D eigenvalue weighted by atomic mass is 16.2. The van der Waals surface area contributed by atoms with Crippen LogP contribution in [0.2, 0.25) is 0 Å². The van der Waals surface area contributed by atoms with Crippen molar-refractivity contribution in [3.8, 4) is 0 Å². The fourth-order valence-electron chi connectivity index (χ4n) is 1.75. The molecule has 0 aromatic heterocycles. The van der Waals surface area contributed by atoms with Gasteiger partial charge in [0.25, 0.3) is 0 Å². The summed E-state index contributed by atoms with van der Waals surface area (Å²) in [7, 11) is 1.00. The molecular weight excluding hydrogens is 292 g/mol. The van der Waals surface area contributed by atoms with Gasteiger partial charge >= 0.3 is 0 Å². The van der Waals surface area contributed by atoms with Crippen LogP contribution < -0.4 is 0 Å². The van der Waals surface area contributed by atoms with Crippen LogP contribution in [0.3, 0.4) is 0 Å². The third kappa shape index (κ3) is 13.3. The average molecular weight is 322 g/mol. The maximum Gasteiger partial charge on any atom is 0.0319 e. The van der Waals surface area contributed by atoms with Crippen LogP contribution in [0.1, 0.15) is 24.5 Å². The highest BCUT2D eigenvalue weighted by Crippen LogP contribution is 2.03. The Morgan fingerprint density at radius 3 is 1.46 bits per heavy atom. The van der Waals surface area contributed by atoms with Crippen molar-refractivity contribution in [2.24, 2.45) is 0 Å². The van der Waals surface area contributed by atoms with Gasteiger partial charge in [0.1, 0.15) is 0 Å². The summed E-state index contributed by atoms with van der Waals surface area (Å²) in [5.74, 6) is 0. The van der Waals surface area contributed by atoms with Gasteiger partial charge in [0.05, 0.1) is 0 Å². The monoisotopic (exact) mass is 322 g/mol. The summed E-state index contributed by atoms with van der Waals surface area (Å²) in [6.45, 7) is 6.31. The molecule has 0 aliphatic heterocycles. The molecule has 0 saturated carbocycles. The minimum atomic E-state index is 1.00. The Morgan fingerprint density at radius 2 is 1.08 bits per heavy atom. The van der Waals surface area contributed by atoms with E-state index in [9.17, 15) is 0 Å². The number of aryl methyl sites for hydroxylation is 2. The average Bonchev–Trinajstić information content (AvgIpc) is 2.87. The number of hydrogen-bond donors (Lipinski definition) is 1. The Labute approximate surface area is 147 Å². The van der Waals surface area contributed by atoms with Crippen LogP contribution in [0, 0.1) is 13.8 Å². The predicted molar refractivity (Wildman–Crippen MR) is 107 cm³/mol. The molecule has 2 aromatic rings. The van der Waals surface area contributed by atoms with Gasteiger partial charge in [0.15, 0.2) is 0 Å². The molecule has 0 amide bonds. The van der Waals surface area contributed by atoms with Crippen LogP contribution in [-0.4, -0.2) is 12.2 Å². The second kappa shape index (κ2) is 15.5. The van der Waals surface area contributed by atoms with Gasteiger partial charge in [-0.3, -0.25) is 0 Å². The van der Waals surface area contributed by atoms with E-state index in [1.807, 2.05) is 36.4 Å². The van der Waals surface area contributed by atoms with Crippen molar-refractivity contribution in [2.45, 2.75) is 27.2 Å². The van der Waals surface area contributed by atoms with Crippen LogP contribution in [0.5, 0.6) is 0 Å². The minimum absolute atomic E-state index is 1.00. The lowest BCUT2D eigenvalue weighted by Crippen LogP contribution is -1.66. The van der Waals surface area contributed by atoms with E-state index in [2.05, 4.69) is 75.4 Å². The van der Waals surface area contributed by atoms with E-state index in [-0.39, 0.29) is 0 Å². The largest absolute Gasteiger partial charge is 0.400 e. The summed E-state index contributed by atoms with van der Waals surface area (Å²) < 4.78 is 0. The number of aliphatic hydroxyl groups excluding tert-OH is 1. The van der Waals surface area contributed by atoms with E-state index in [0.29, 0.717) is 0 Å². The number of benzene rings is 2. The summed E-state index contributed by atoms with van der Waals surface area (Å²) in [6, 6.07) is 20.5. The molecule has 128 valence electrons. The Bertz CT molecular complexity index is 555. The van der Waals surface area contributed by atoms with Crippen molar-refractivity contribution in [3.05, 3.63) is 108 Å². The van der Waals surface area contributed by atoms with Gasteiger partial charge in [0.2, 0.25) is 0 Å². The van der Waals surface area contributed by atoms with E-state index in [4.69, 9.17) is 5.11 Å². The zero-order valence-corrected chi connectivity index (χ0v) is 15.3. The first-order chi connectivity index (χ1) is 11.7. The van der Waals surface area contributed by atoms with E-state index >= 15 is 0 Å². The summed E-state index contributed by atoms with van der Waals surface area (Å²) in [5.41, 5.74) is 4.07. The fourth-order valence-corrected chi connectivity index (χ4v) is 1.75. The minimum Gasteiger partial charge on any atom is -0.400 e. The molecule has 0 unspecified atom stereocenters. The standard InChI is InChI=1S/C8H10.2C7H8.CH4O/c1-8-6-4-2-3-5-7-8;2*1-7-5-3-2-4-6-7;1-2/h2-6H,7H2,1H3;2*2-6H,1H3;2H,1H3. The van der Waals surface area contributed by atoms with Gasteiger partial charge < -0.3 is 5.11 Å². The molecule has 0 heterocycles. The van der Waals surface area contributed by atoms with Gasteiger partial charge in [-0.05, 0) is 27.2 Å². The lowest BCUT2D eigenvalue weighted by Gasteiger charge is -1.86. The van der Waals surface area contributed by atoms with Gasteiger partial charge in [-0.2, -0.15) is 0 Å². The molecule has 0 atom stereocenters. The van der Waals surface area contributed by atoms with E-state index < -0.39 is 0 Å². The zero-order valence-electron chi connectivity index (χ0n) is 15.3. The van der Waals surface area contributed by atoms with Gasteiger partial charge in [0, 0.05) is 7.11 Å². The van der Waals surface area contributed by atoms with Gasteiger partial charge in [-0.25, -0.2) is 0 Å². The molecule has 0 spiro atoms. The number of allylic oxidation sites excluding steroid dienone is 6. The maximum atomic E-state index is 7.00. The van der Waals surface area contributed by atoms with Crippen molar-refractivity contribution in [1.82, 2.24) is 0 Å². The van der Waals surface area contributed by atoms with E-state index in [1.165, 1.54) is 16.7 Å². The predicted octanol–water partition coefficient (Wildman–Crippen LogP) is 6.05. The van der Waals surface area contributed by atoms with Crippen molar-refractivity contribution < 1.29 is 5.11 Å². The summed E-state index contributed by atoms with van der Waals surface area (Å²) in [4.78, 5) is 0. The molecule has 1 nitrogen and oxygen atoms in total. The zero-order chi connectivity index (χ0) is 18.0. The second-order valence-electron chi connectivity index (χ2n) is 5.34. The van der Waals surface area contributed by atoms with Crippen molar-refractivity contribution >= 4 is 0 Å². The first kappa shape index (κ1) is 21.6. The lowest BCUT2D eigenvalue weighted by molar-refractivity contribution is 0.399. The molecule has 0 bridgehead atoms. The lowest BCUT2D eigenvalue weighted by atomic mass is 10.2. The summed E-state index contributed by atoms with van der Waals surface area (Å²) >= 11 is 0. The number of aliphatic hydroxyl groups is 1. The molecule has 3 rings (SSSR count). The molecule has 0 fully saturated rings. The van der Waals surface area contributed by atoms with Gasteiger partial charge in [-0.1, -0.05) is 108 Å². The molecule has 0 radical (unpaired) electrons. The first-order valence-electron chi connectivity index (χ1n) is 8.15. The van der Waals surface area contributed by atoms with Crippen molar-refractivity contribution in [1.29, 1.82) is 0 Å². The summed E-state index contributed by atoms with van der Waals surface area (Å²) in [5, 5.41) is 7.00. The van der Waals surface area contributed by atoms with Crippen molar-refractivity contribution in [2.75, 3.05) is 7.11 Å². The quantitative estimate of drug-likeness (QED) is 0.626. The Hall–Kier alpha value is -2.38. The van der Waals surface area contributed by atoms with E-state index in [0.717, 1.165) is 13.5 Å². The Kier molecular flexibility index (Phi) is 14.0. The van der Waals surface area contributed by atoms with Crippen LogP contribution in [0.25, 0.3) is 0 Å². The van der Waals surface area contributed by atoms with Crippen LogP contribution >= 0.6 is 0 Å². The van der Waals surface area contributed by atoms with Crippen molar-refractivity contribution in [3.63, 3.8) is 0 Å². The molecule has 24 heavy (non-hydrogen) atoms. The smallest absolute Gasteiger partial charge is 0.0319 e. The molecule has 0 saturated heterocycles. The fraction of sp³-hybridized carbons (Fsp3) is 0.217. The molecular formula is C23H30O. The van der Waals surface area contributed by atoms with Crippen LogP contribution in [0.15, 0.2) is 96.6 Å². The summed E-state index contributed by atoms with van der Waals surface area (Å²) in [6.07, 6.45) is 11.6.